The van der Waals surface area contributed by atoms with E-state index in [0.717, 1.165) is 29.7 Å². The molecule has 0 radical (unpaired) electrons. The fraction of sp³-hybridized carbons (Fsp3) is 0.320. The first-order valence-electron chi connectivity index (χ1n) is 10.6. The standard InChI is InChI=1S/C25H27N3O2S/c1-26-24(30)25(17-19-8-2-3-10-21(19)22-11-6-15-31-22)12-7-14-28(18-25)23(29)16-20-9-4-5-13-27-20/h2-6,8-11,13,15H,7,12,14,16-18H2,1H3,(H,26,30). The van der Waals surface area contributed by atoms with Crippen molar-refractivity contribution in [2.24, 2.45) is 5.41 Å². The van der Waals surface area contributed by atoms with Gasteiger partial charge < -0.3 is 10.2 Å². The Hall–Kier alpha value is -2.99. The summed E-state index contributed by atoms with van der Waals surface area (Å²) in [5.74, 6) is 0.0297. The van der Waals surface area contributed by atoms with Gasteiger partial charge in [-0.1, -0.05) is 36.4 Å². The Morgan fingerprint density at radius 3 is 2.71 bits per heavy atom. The summed E-state index contributed by atoms with van der Waals surface area (Å²) in [5.41, 5.74) is 2.43. The van der Waals surface area contributed by atoms with Crippen LogP contribution in [0.2, 0.25) is 0 Å². The lowest BCUT2D eigenvalue weighted by Crippen LogP contribution is -2.54. The van der Waals surface area contributed by atoms with Crippen molar-refractivity contribution >= 4 is 23.2 Å². The van der Waals surface area contributed by atoms with Crippen LogP contribution in [-0.4, -0.2) is 41.8 Å². The van der Waals surface area contributed by atoms with Crippen molar-refractivity contribution in [1.82, 2.24) is 15.2 Å². The van der Waals surface area contributed by atoms with E-state index in [1.807, 2.05) is 41.3 Å². The molecule has 5 nitrogen and oxygen atoms in total. The summed E-state index contributed by atoms with van der Waals surface area (Å²) in [6.07, 6.45) is 4.14. The topological polar surface area (TPSA) is 62.3 Å². The molecule has 0 saturated carbocycles. The molecule has 2 amide bonds. The van der Waals surface area contributed by atoms with E-state index >= 15 is 0 Å². The van der Waals surface area contributed by atoms with Crippen LogP contribution in [0.3, 0.4) is 0 Å². The molecule has 1 aliphatic rings. The van der Waals surface area contributed by atoms with E-state index < -0.39 is 5.41 Å². The van der Waals surface area contributed by atoms with Gasteiger partial charge in [-0.05, 0) is 54.0 Å². The predicted molar refractivity (Wildman–Crippen MR) is 124 cm³/mol. The van der Waals surface area contributed by atoms with E-state index in [1.54, 1.807) is 24.6 Å². The van der Waals surface area contributed by atoms with Gasteiger partial charge in [0.25, 0.3) is 0 Å². The molecule has 0 bridgehead atoms. The Bertz CT molecular complexity index is 1040. The number of aromatic nitrogens is 1. The van der Waals surface area contributed by atoms with Gasteiger partial charge in [0.2, 0.25) is 11.8 Å². The largest absolute Gasteiger partial charge is 0.359 e. The number of nitrogens with zero attached hydrogens (tertiary/aromatic N) is 2. The maximum absolute atomic E-state index is 13.2. The second-order valence-electron chi connectivity index (χ2n) is 8.09. The SMILES string of the molecule is CNC(=O)C1(Cc2ccccc2-c2cccs2)CCCN(C(=O)Cc2ccccn2)C1. The van der Waals surface area contributed by atoms with Crippen molar-refractivity contribution in [3.8, 4) is 10.4 Å². The van der Waals surface area contributed by atoms with Crippen LogP contribution in [0.5, 0.6) is 0 Å². The maximum atomic E-state index is 13.2. The summed E-state index contributed by atoms with van der Waals surface area (Å²) in [6, 6.07) is 18.0. The summed E-state index contributed by atoms with van der Waals surface area (Å²) in [5, 5.41) is 4.94. The molecule has 0 aliphatic carbocycles. The molecule has 4 rings (SSSR count). The highest BCUT2D eigenvalue weighted by Crippen LogP contribution is 2.38. The van der Waals surface area contributed by atoms with Crippen LogP contribution in [0, 0.1) is 5.41 Å². The number of carbonyl (C=O) groups is 2. The fourth-order valence-electron chi connectivity index (χ4n) is 4.50. The molecule has 31 heavy (non-hydrogen) atoms. The zero-order chi connectivity index (χ0) is 21.7. The second kappa shape index (κ2) is 9.43. The Morgan fingerprint density at radius 1 is 1.13 bits per heavy atom. The molecule has 1 N–H and O–H groups in total. The van der Waals surface area contributed by atoms with Gasteiger partial charge in [0.05, 0.1) is 11.8 Å². The van der Waals surface area contributed by atoms with Crippen LogP contribution in [0.4, 0.5) is 0 Å². The lowest BCUT2D eigenvalue weighted by molar-refractivity contribution is -0.141. The Kier molecular flexibility index (Phi) is 6.47. The average Bonchev–Trinajstić information content (AvgIpc) is 3.34. The fourth-order valence-corrected chi connectivity index (χ4v) is 5.29. The summed E-state index contributed by atoms with van der Waals surface area (Å²) < 4.78 is 0. The maximum Gasteiger partial charge on any atom is 0.228 e. The van der Waals surface area contributed by atoms with Crippen molar-refractivity contribution in [1.29, 1.82) is 0 Å². The molecule has 160 valence electrons. The number of hydrogen-bond acceptors (Lipinski definition) is 4. The summed E-state index contributed by atoms with van der Waals surface area (Å²) in [4.78, 5) is 33.5. The number of nitrogens with one attached hydrogen (secondary N) is 1. The summed E-state index contributed by atoms with van der Waals surface area (Å²) in [6.45, 7) is 1.11. The Labute approximate surface area is 187 Å². The third-order valence-corrected chi connectivity index (χ3v) is 6.93. The van der Waals surface area contributed by atoms with E-state index in [-0.39, 0.29) is 18.2 Å². The van der Waals surface area contributed by atoms with Crippen molar-refractivity contribution < 1.29 is 9.59 Å². The average molecular weight is 434 g/mol. The molecule has 3 aromatic rings. The highest BCUT2D eigenvalue weighted by molar-refractivity contribution is 7.13. The molecule has 6 heteroatoms. The smallest absolute Gasteiger partial charge is 0.228 e. The van der Waals surface area contributed by atoms with Crippen molar-refractivity contribution in [3.05, 3.63) is 77.4 Å². The predicted octanol–water partition coefficient (Wildman–Crippen LogP) is 3.95. The zero-order valence-corrected chi connectivity index (χ0v) is 18.5. The minimum atomic E-state index is -0.639. The molecule has 1 aromatic carbocycles. The Morgan fingerprint density at radius 2 is 1.97 bits per heavy atom. The number of hydrogen-bond donors (Lipinski definition) is 1. The highest BCUT2D eigenvalue weighted by atomic mass is 32.1. The lowest BCUT2D eigenvalue weighted by Gasteiger charge is -2.42. The van der Waals surface area contributed by atoms with Crippen molar-refractivity contribution in [2.75, 3.05) is 20.1 Å². The van der Waals surface area contributed by atoms with Gasteiger partial charge in [0.15, 0.2) is 0 Å². The van der Waals surface area contributed by atoms with E-state index in [9.17, 15) is 9.59 Å². The molecular formula is C25H27N3O2S. The van der Waals surface area contributed by atoms with Crippen LogP contribution < -0.4 is 5.32 Å². The van der Waals surface area contributed by atoms with Gasteiger partial charge in [0.1, 0.15) is 0 Å². The van der Waals surface area contributed by atoms with Crippen LogP contribution in [0.1, 0.15) is 24.1 Å². The number of piperidine rings is 1. The van der Waals surface area contributed by atoms with Gasteiger partial charge >= 0.3 is 0 Å². The first kappa shape index (κ1) is 21.2. The number of amides is 2. The van der Waals surface area contributed by atoms with Crippen LogP contribution in [0.15, 0.2) is 66.2 Å². The Balaban J connectivity index is 1.60. The van der Waals surface area contributed by atoms with Crippen molar-refractivity contribution in [2.45, 2.75) is 25.7 Å². The normalized spacial score (nSPS) is 18.5. The molecule has 2 aromatic heterocycles. The first-order chi connectivity index (χ1) is 15.1. The monoisotopic (exact) mass is 433 g/mol. The molecule has 1 atom stereocenters. The number of pyridine rings is 1. The molecular weight excluding hydrogens is 406 g/mol. The molecule has 1 saturated heterocycles. The summed E-state index contributed by atoms with van der Waals surface area (Å²) >= 11 is 1.70. The third kappa shape index (κ3) is 4.69. The molecule has 1 unspecified atom stereocenters. The van der Waals surface area contributed by atoms with Gasteiger partial charge in [0, 0.05) is 36.9 Å². The number of rotatable bonds is 6. The van der Waals surface area contributed by atoms with Gasteiger partial charge in [-0.15, -0.1) is 11.3 Å². The van der Waals surface area contributed by atoms with Crippen molar-refractivity contribution in [3.63, 3.8) is 0 Å². The summed E-state index contributed by atoms with van der Waals surface area (Å²) in [7, 11) is 1.68. The van der Waals surface area contributed by atoms with Gasteiger partial charge in [-0.25, -0.2) is 0 Å². The van der Waals surface area contributed by atoms with Crippen LogP contribution in [0.25, 0.3) is 10.4 Å². The third-order valence-electron chi connectivity index (χ3n) is 6.03. The number of likely N-dealkylation sites (tertiary alicyclic amines) is 1. The quantitative estimate of drug-likeness (QED) is 0.640. The molecule has 3 heterocycles. The van der Waals surface area contributed by atoms with E-state index in [4.69, 9.17) is 0 Å². The first-order valence-corrected chi connectivity index (χ1v) is 11.5. The van der Waals surface area contributed by atoms with E-state index in [2.05, 4.69) is 33.9 Å². The molecule has 0 spiro atoms. The minimum absolute atomic E-state index is 0.00354. The van der Waals surface area contributed by atoms with Crippen LogP contribution >= 0.6 is 11.3 Å². The number of thiophene rings is 1. The molecule has 1 fully saturated rings. The minimum Gasteiger partial charge on any atom is -0.359 e. The zero-order valence-electron chi connectivity index (χ0n) is 17.7. The van der Waals surface area contributed by atoms with Gasteiger partial charge in [-0.3, -0.25) is 14.6 Å². The second-order valence-corrected chi connectivity index (χ2v) is 9.04. The van der Waals surface area contributed by atoms with Crippen LogP contribution in [-0.2, 0) is 22.4 Å². The van der Waals surface area contributed by atoms with E-state index in [0.29, 0.717) is 19.5 Å². The number of benzene rings is 1. The van der Waals surface area contributed by atoms with Gasteiger partial charge in [-0.2, -0.15) is 0 Å². The number of carbonyl (C=O) groups excluding carboxylic acids is 2. The highest BCUT2D eigenvalue weighted by Gasteiger charge is 2.43. The molecule has 1 aliphatic heterocycles. The lowest BCUT2D eigenvalue weighted by atomic mass is 9.73. The van der Waals surface area contributed by atoms with E-state index in [1.165, 1.54) is 4.88 Å².